The first-order chi connectivity index (χ1) is 11.2. The van der Waals surface area contributed by atoms with Gasteiger partial charge in [0.05, 0.1) is 16.7 Å². The van der Waals surface area contributed by atoms with Gasteiger partial charge in [0.25, 0.3) is 0 Å². The number of aliphatic carboxylic acids is 2. The molecule has 0 aliphatic carbocycles. The molecule has 2 rings (SSSR count). The van der Waals surface area contributed by atoms with Gasteiger partial charge < -0.3 is 10.2 Å². The summed E-state index contributed by atoms with van der Waals surface area (Å²) in [5, 5.41) is 19.1. The van der Waals surface area contributed by atoms with Crippen molar-refractivity contribution >= 4 is 21.8 Å². The van der Waals surface area contributed by atoms with Crippen molar-refractivity contribution in [3.63, 3.8) is 0 Å². The summed E-state index contributed by atoms with van der Waals surface area (Å²) in [5.74, 6) is -5.18. The molecule has 6 nitrogen and oxygen atoms in total. The summed E-state index contributed by atoms with van der Waals surface area (Å²) in [5.41, 5.74) is 0.593. The van der Waals surface area contributed by atoms with E-state index >= 15 is 0 Å². The first kappa shape index (κ1) is 17.7. The second kappa shape index (κ2) is 6.84. The van der Waals surface area contributed by atoms with E-state index in [1.807, 2.05) is 0 Å². The highest BCUT2D eigenvalue weighted by molar-refractivity contribution is 7.90. The van der Waals surface area contributed by atoms with Gasteiger partial charge in [-0.25, -0.2) is 8.42 Å². The second-order valence-electron chi connectivity index (χ2n) is 5.38. The molecule has 0 heterocycles. The average molecular weight is 348 g/mol. The van der Waals surface area contributed by atoms with Crippen molar-refractivity contribution in [2.24, 2.45) is 0 Å². The third-order valence-electron chi connectivity index (χ3n) is 3.69. The van der Waals surface area contributed by atoms with Crippen LogP contribution in [0.2, 0.25) is 0 Å². The molecule has 2 N–H and O–H groups in total. The van der Waals surface area contributed by atoms with Crippen LogP contribution in [0.5, 0.6) is 0 Å². The molecule has 0 aromatic heterocycles. The van der Waals surface area contributed by atoms with E-state index in [2.05, 4.69) is 0 Å². The third-order valence-corrected chi connectivity index (χ3v) is 4.82. The van der Waals surface area contributed by atoms with E-state index in [1.54, 1.807) is 30.3 Å². The highest BCUT2D eigenvalue weighted by atomic mass is 32.2. The van der Waals surface area contributed by atoms with Crippen LogP contribution in [0.4, 0.5) is 0 Å². The van der Waals surface area contributed by atoms with Crippen molar-refractivity contribution in [1.82, 2.24) is 0 Å². The van der Waals surface area contributed by atoms with Crippen LogP contribution >= 0.6 is 0 Å². The van der Waals surface area contributed by atoms with Crippen molar-refractivity contribution in [3.05, 3.63) is 65.7 Å². The molecule has 0 aliphatic rings. The topological polar surface area (TPSA) is 109 Å². The van der Waals surface area contributed by atoms with Crippen LogP contribution in [-0.2, 0) is 19.4 Å². The van der Waals surface area contributed by atoms with E-state index < -0.39 is 33.6 Å². The van der Waals surface area contributed by atoms with Crippen molar-refractivity contribution in [1.29, 1.82) is 0 Å². The highest BCUT2D eigenvalue weighted by Gasteiger charge is 2.36. The molecular weight excluding hydrogens is 332 g/mol. The van der Waals surface area contributed by atoms with Crippen LogP contribution in [0.25, 0.3) is 0 Å². The zero-order chi connectivity index (χ0) is 17.9. The average Bonchev–Trinajstić information content (AvgIpc) is 2.52. The Morgan fingerprint density at radius 3 is 1.58 bits per heavy atom. The van der Waals surface area contributed by atoms with Crippen LogP contribution < -0.4 is 0 Å². The predicted molar refractivity (Wildman–Crippen MR) is 86.7 cm³/mol. The number of rotatable bonds is 6. The lowest BCUT2D eigenvalue weighted by Crippen LogP contribution is -2.26. The van der Waals surface area contributed by atoms with Crippen LogP contribution in [0, 0.1) is 0 Å². The Morgan fingerprint density at radius 2 is 1.21 bits per heavy atom. The van der Waals surface area contributed by atoms with Gasteiger partial charge in [0.1, 0.15) is 0 Å². The molecule has 2 unspecified atom stereocenters. The Morgan fingerprint density at radius 1 is 0.792 bits per heavy atom. The molecule has 0 amide bonds. The summed E-state index contributed by atoms with van der Waals surface area (Å²) in [6.45, 7) is 0. The molecule has 0 fully saturated rings. The van der Waals surface area contributed by atoms with Crippen molar-refractivity contribution in [2.75, 3.05) is 6.26 Å². The number of carboxylic acids is 2. The molecule has 126 valence electrons. The first-order valence-corrected chi connectivity index (χ1v) is 8.91. The molecule has 2 atom stereocenters. The summed E-state index contributed by atoms with van der Waals surface area (Å²) < 4.78 is 23.0. The maximum Gasteiger partial charge on any atom is 0.312 e. The van der Waals surface area contributed by atoms with Crippen LogP contribution in [-0.4, -0.2) is 36.8 Å². The quantitative estimate of drug-likeness (QED) is 0.828. The SMILES string of the molecule is CS(=O)(=O)c1ccc(C(C(=O)O)C(C(=O)O)c2ccccc2)cc1. The number of carbonyl (C=O) groups is 2. The Hall–Kier alpha value is -2.67. The molecular formula is C17H16O6S. The van der Waals surface area contributed by atoms with Gasteiger partial charge in [0.2, 0.25) is 0 Å². The Bertz CT molecular complexity index is 840. The fourth-order valence-electron chi connectivity index (χ4n) is 2.54. The summed E-state index contributed by atoms with van der Waals surface area (Å²) >= 11 is 0. The first-order valence-electron chi connectivity index (χ1n) is 7.02. The minimum atomic E-state index is -3.42. The fourth-order valence-corrected chi connectivity index (χ4v) is 3.17. The van der Waals surface area contributed by atoms with E-state index in [0.717, 1.165) is 6.26 Å². The lowest BCUT2D eigenvalue weighted by Gasteiger charge is -2.21. The Kier molecular flexibility index (Phi) is 5.04. The van der Waals surface area contributed by atoms with E-state index in [-0.39, 0.29) is 10.5 Å². The molecule has 24 heavy (non-hydrogen) atoms. The van der Waals surface area contributed by atoms with E-state index in [1.165, 1.54) is 24.3 Å². The van der Waals surface area contributed by atoms with Gasteiger partial charge in [-0.2, -0.15) is 0 Å². The molecule has 0 bridgehead atoms. The van der Waals surface area contributed by atoms with Crippen LogP contribution in [0.3, 0.4) is 0 Å². The van der Waals surface area contributed by atoms with Gasteiger partial charge in [-0.3, -0.25) is 9.59 Å². The highest BCUT2D eigenvalue weighted by Crippen LogP contribution is 2.34. The number of carboxylic acid groups (broad SMARTS) is 2. The molecule has 0 saturated heterocycles. The van der Waals surface area contributed by atoms with Gasteiger partial charge in [0.15, 0.2) is 9.84 Å². The molecule has 0 saturated carbocycles. The summed E-state index contributed by atoms with van der Waals surface area (Å²) in [6, 6.07) is 13.3. The molecule has 2 aromatic rings. The number of benzene rings is 2. The maximum atomic E-state index is 11.7. The van der Waals surface area contributed by atoms with E-state index in [9.17, 15) is 28.2 Å². The summed E-state index contributed by atoms with van der Waals surface area (Å²) in [4.78, 5) is 23.4. The maximum absolute atomic E-state index is 11.7. The third kappa shape index (κ3) is 3.80. The number of hydrogen-bond donors (Lipinski definition) is 2. The summed E-state index contributed by atoms with van der Waals surface area (Å²) in [7, 11) is -3.42. The molecule has 7 heteroatoms. The van der Waals surface area contributed by atoms with E-state index in [0.29, 0.717) is 5.56 Å². The van der Waals surface area contributed by atoms with Gasteiger partial charge in [-0.05, 0) is 23.3 Å². The molecule has 0 aliphatic heterocycles. The van der Waals surface area contributed by atoms with Crippen LogP contribution in [0.15, 0.2) is 59.5 Å². The Balaban J connectivity index is 2.52. The number of hydrogen-bond acceptors (Lipinski definition) is 4. The monoisotopic (exact) mass is 348 g/mol. The normalized spacial score (nSPS) is 13.9. The molecule has 0 spiro atoms. The molecule has 0 radical (unpaired) electrons. The zero-order valence-electron chi connectivity index (χ0n) is 12.8. The minimum Gasteiger partial charge on any atom is -0.481 e. The van der Waals surface area contributed by atoms with Gasteiger partial charge >= 0.3 is 11.9 Å². The lowest BCUT2D eigenvalue weighted by molar-refractivity contribution is -0.147. The largest absolute Gasteiger partial charge is 0.481 e. The standard InChI is InChI=1S/C17H16O6S/c1-24(22,23)13-9-7-12(8-10-13)15(17(20)21)14(16(18)19)11-5-3-2-4-6-11/h2-10,14-15H,1H3,(H,18,19)(H,20,21). The van der Waals surface area contributed by atoms with E-state index in [4.69, 9.17) is 0 Å². The van der Waals surface area contributed by atoms with Gasteiger partial charge in [-0.1, -0.05) is 42.5 Å². The minimum absolute atomic E-state index is 0.0435. The van der Waals surface area contributed by atoms with Gasteiger partial charge in [-0.15, -0.1) is 0 Å². The molecule has 2 aromatic carbocycles. The lowest BCUT2D eigenvalue weighted by atomic mass is 9.81. The number of sulfone groups is 1. The van der Waals surface area contributed by atoms with Crippen molar-refractivity contribution < 1.29 is 28.2 Å². The Labute approximate surface area is 139 Å². The van der Waals surface area contributed by atoms with Crippen LogP contribution in [0.1, 0.15) is 23.0 Å². The van der Waals surface area contributed by atoms with Gasteiger partial charge in [0, 0.05) is 6.26 Å². The second-order valence-corrected chi connectivity index (χ2v) is 7.40. The smallest absolute Gasteiger partial charge is 0.312 e. The zero-order valence-corrected chi connectivity index (χ0v) is 13.6. The summed E-state index contributed by atoms with van der Waals surface area (Å²) in [6.07, 6.45) is 1.04. The van der Waals surface area contributed by atoms with Crippen molar-refractivity contribution in [2.45, 2.75) is 16.7 Å². The van der Waals surface area contributed by atoms with Crippen molar-refractivity contribution in [3.8, 4) is 0 Å². The predicted octanol–water partition coefficient (Wildman–Crippen LogP) is 2.13. The fraction of sp³-hybridized carbons (Fsp3) is 0.176.